The van der Waals surface area contributed by atoms with Crippen LogP contribution >= 0.6 is 0 Å². The molecule has 1 heterocycles. The number of nitrogens with two attached hydrogens (primary N) is 1. The predicted molar refractivity (Wildman–Crippen MR) is 63.3 cm³/mol. The summed E-state index contributed by atoms with van der Waals surface area (Å²) in [5, 5.41) is 0. The second-order valence-corrected chi connectivity index (χ2v) is 3.97. The fourth-order valence-corrected chi connectivity index (χ4v) is 2.08. The first-order valence-electron chi connectivity index (χ1n) is 5.33. The number of rotatable bonds is 2. The lowest BCUT2D eigenvalue weighted by molar-refractivity contribution is 0.261. The van der Waals surface area contributed by atoms with Crippen LogP contribution in [0.3, 0.4) is 0 Å². The number of nitrogens with zero attached hydrogens (tertiary/aromatic N) is 1. The number of hydrogen-bond acceptors (Lipinski definition) is 2. The summed E-state index contributed by atoms with van der Waals surface area (Å²) in [5.41, 5.74) is 9.57. The molecule has 2 heteroatoms. The molecule has 0 fully saturated rings. The topological polar surface area (TPSA) is 29.3 Å². The molecular formula is C13H16N2. The van der Waals surface area contributed by atoms with E-state index in [-0.39, 0.29) is 0 Å². The van der Waals surface area contributed by atoms with Crippen molar-refractivity contribution < 1.29 is 0 Å². The van der Waals surface area contributed by atoms with Crippen LogP contribution in [0.15, 0.2) is 18.2 Å². The molecule has 15 heavy (non-hydrogen) atoms. The number of fused-ring (bicyclic) bond motifs is 1. The standard InChI is InChI=1S/C13H16N2/c1-2-3-8-15-9-7-11-5-4-6-13(14)12(11)10-15/h1,4-6H,3,7-10,14H2. The fourth-order valence-electron chi connectivity index (χ4n) is 2.08. The molecule has 0 atom stereocenters. The fraction of sp³-hybridized carbons (Fsp3) is 0.385. The molecule has 1 aliphatic rings. The Morgan fingerprint density at radius 2 is 2.33 bits per heavy atom. The third-order valence-corrected chi connectivity index (χ3v) is 2.96. The van der Waals surface area contributed by atoms with Crippen molar-refractivity contribution in [3.8, 4) is 12.3 Å². The second kappa shape index (κ2) is 4.37. The Morgan fingerprint density at radius 3 is 3.13 bits per heavy atom. The van der Waals surface area contributed by atoms with Gasteiger partial charge in [0, 0.05) is 31.7 Å². The molecule has 0 spiro atoms. The highest BCUT2D eigenvalue weighted by atomic mass is 15.1. The van der Waals surface area contributed by atoms with Crippen LogP contribution in [0, 0.1) is 12.3 Å². The molecule has 0 aliphatic carbocycles. The average Bonchev–Trinajstić information content (AvgIpc) is 2.27. The molecule has 0 radical (unpaired) electrons. The highest BCUT2D eigenvalue weighted by Crippen LogP contribution is 2.23. The normalized spacial score (nSPS) is 15.7. The van der Waals surface area contributed by atoms with Gasteiger partial charge < -0.3 is 5.73 Å². The van der Waals surface area contributed by atoms with E-state index in [1.54, 1.807) is 0 Å². The molecule has 0 amide bonds. The maximum Gasteiger partial charge on any atom is 0.0362 e. The number of hydrogen-bond donors (Lipinski definition) is 1. The van der Waals surface area contributed by atoms with E-state index in [1.165, 1.54) is 11.1 Å². The van der Waals surface area contributed by atoms with Crippen LogP contribution in [-0.2, 0) is 13.0 Å². The summed E-state index contributed by atoms with van der Waals surface area (Å²) in [6, 6.07) is 6.18. The largest absolute Gasteiger partial charge is 0.398 e. The van der Waals surface area contributed by atoms with Crippen LogP contribution in [-0.4, -0.2) is 18.0 Å². The summed E-state index contributed by atoms with van der Waals surface area (Å²) in [4.78, 5) is 2.37. The molecule has 0 saturated heterocycles. The number of benzene rings is 1. The molecule has 0 saturated carbocycles. The Bertz CT molecular complexity index is 390. The van der Waals surface area contributed by atoms with Gasteiger partial charge in [-0.3, -0.25) is 4.90 Å². The average molecular weight is 200 g/mol. The zero-order valence-electron chi connectivity index (χ0n) is 8.87. The van der Waals surface area contributed by atoms with Crippen molar-refractivity contribution in [3.05, 3.63) is 29.3 Å². The van der Waals surface area contributed by atoms with E-state index >= 15 is 0 Å². The third-order valence-electron chi connectivity index (χ3n) is 2.96. The third kappa shape index (κ3) is 2.14. The van der Waals surface area contributed by atoms with Crippen molar-refractivity contribution in [1.29, 1.82) is 0 Å². The first-order chi connectivity index (χ1) is 7.31. The van der Waals surface area contributed by atoms with Gasteiger partial charge in [-0.2, -0.15) is 0 Å². The van der Waals surface area contributed by atoms with E-state index in [0.717, 1.165) is 38.2 Å². The van der Waals surface area contributed by atoms with E-state index < -0.39 is 0 Å². The van der Waals surface area contributed by atoms with Crippen LogP contribution in [0.4, 0.5) is 5.69 Å². The Morgan fingerprint density at radius 1 is 1.47 bits per heavy atom. The van der Waals surface area contributed by atoms with Crippen molar-refractivity contribution >= 4 is 5.69 Å². The van der Waals surface area contributed by atoms with Crippen molar-refractivity contribution in [2.24, 2.45) is 0 Å². The maximum absolute atomic E-state index is 5.97. The second-order valence-electron chi connectivity index (χ2n) is 3.97. The van der Waals surface area contributed by atoms with E-state index in [2.05, 4.69) is 16.9 Å². The van der Waals surface area contributed by atoms with E-state index in [4.69, 9.17) is 12.2 Å². The van der Waals surface area contributed by atoms with Gasteiger partial charge in [0.25, 0.3) is 0 Å². The van der Waals surface area contributed by atoms with Gasteiger partial charge in [-0.15, -0.1) is 12.3 Å². The van der Waals surface area contributed by atoms with Crippen molar-refractivity contribution in [2.45, 2.75) is 19.4 Å². The van der Waals surface area contributed by atoms with Crippen LogP contribution in [0.2, 0.25) is 0 Å². The Kier molecular flexibility index (Phi) is 2.94. The number of terminal acetylenes is 1. The van der Waals surface area contributed by atoms with Crippen LogP contribution < -0.4 is 5.73 Å². The predicted octanol–water partition coefficient (Wildman–Crippen LogP) is 1.65. The minimum Gasteiger partial charge on any atom is -0.398 e. The molecule has 0 aromatic heterocycles. The number of nitrogen functional groups attached to an aromatic ring is 1. The molecule has 0 unspecified atom stereocenters. The first-order valence-corrected chi connectivity index (χ1v) is 5.33. The first kappa shape index (κ1) is 10.1. The summed E-state index contributed by atoms with van der Waals surface area (Å²) in [5.74, 6) is 2.68. The van der Waals surface area contributed by atoms with Crippen LogP contribution in [0.25, 0.3) is 0 Å². The zero-order valence-corrected chi connectivity index (χ0v) is 8.87. The van der Waals surface area contributed by atoms with Gasteiger partial charge in [0.05, 0.1) is 0 Å². The summed E-state index contributed by atoms with van der Waals surface area (Å²) >= 11 is 0. The smallest absolute Gasteiger partial charge is 0.0362 e. The molecule has 1 aromatic rings. The quantitative estimate of drug-likeness (QED) is 0.581. The Hall–Kier alpha value is -1.46. The molecule has 2 N–H and O–H groups in total. The summed E-state index contributed by atoms with van der Waals surface area (Å²) in [6.45, 7) is 3.02. The summed E-state index contributed by atoms with van der Waals surface area (Å²) in [6.07, 6.45) is 7.18. The van der Waals surface area contributed by atoms with Gasteiger partial charge >= 0.3 is 0 Å². The SMILES string of the molecule is C#CCCN1CCc2cccc(N)c2C1. The molecule has 1 aromatic carbocycles. The van der Waals surface area contributed by atoms with E-state index in [1.807, 2.05) is 12.1 Å². The van der Waals surface area contributed by atoms with Gasteiger partial charge in [0.15, 0.2) is 0 Å². The van der Waals surface area contributed by atoms with Gasteiger partial charge in [-0.1, -0.05) is 12.1 Å². The lowest BCUT2D eigenvalue weighted by atomic mass is 9.98. The van der Waals surface area contributed by atoms with Gasteiger partial charge in [0.1, 0.15) is 0 Å². The lowest BCUT2D eigenvalue weighted by Gasteiger charge is -2.28. The Balaban J connectivity index is 2.12. The molecule has 2 nitrogen and oxygen atoms in total. The Labute approximate surface area is 91.1 Å². The molecule has 0 bridgehead atoms. The van der Waals surface area contributed by atoms with Gasteiger partial charge in [-0.25, -0.2) is 0 Å². The van der Waals surface area contributed by atoms with Crippen molar-refractivity contribution in [1.82, 2.24) is 4.90 Å². The van der Waals surface area contributed by atoms with Gasteiger partial charge in [0.2, 0.25) is 0 Å². The van der Waals surface area contributed by atoms with E-state index in [0.29, 0.717) is 0 Å². The highest BCUT2D eigenvalue weighted by Gasteiger charge is 2.16. The van der Waals surface area contributed by atoms with Crippen molar-refractivity contribution in [3.63, 3.8) is 0 Å². The molecular weight excluding hydrogens is 184 g/mol. The molecule has 78 valence electrons. The van der Waals surface area contributed by atoms with Crippen molar-refractivity contribution in [2.75, 3.05) is 18.8 Å². The molecule has 1 aliphatic heterocycles. The van der Waals surface area contributed by atoms with Crippen LogP contribution in [0.1, 0.15) is 17.5 Å². The van der Waals surface area contributed by atoms with Crippen LogP contribution in [0.5, 0.6) is 0 Å². The highest BCUT2D eigenvalue weighted by molar-refractivity contribution is 5.51. The molecule has 2 rings (SSSR count). The monoisotopic (exact) mass is 200 g/mol. The minimum atomic E-state index is 0.821. The summed E-state index contributed by atoms with van der Waals surface area (Å²) < 4.78 is 0. The minimum absolute atomic E-state index is 0.821. The van der Waals surface area contributed by atoms with Gasteiger partial charge in [-0.05, 0) is 23.6 Å². The summed E-state index contributed by atoms with van der Waals surface area (Å²) in [7, 11) is 0. The number of anilines is 1. The van der Waals surface area contributed by atoms with E-state index in [9.17, 15) is 0 Å². The maximum atomic E-state index is 5.97. The zero-order chi connectivity index (χ0) is 10.7. The lowest BCUT2D eigenvalue weighted by Crippen LogP contribution is -2.31.